The van der Waals surface area contributed by atoms with E-state index in [0.717, 1.165) is 10.0 Å². The zero-order chi connectivity index (χ0) is 8.97. The second-order valence-electron chi connectivity index (χ2n) is 2.46. The number of rotatable bonds is 3. The van der Waals surface area contributed by atoms with Crippen LogP contribution in [0.4, 0.5) is 0 Å². The van der Waals surface area contributed by atoms with E-state index < -0.39 is 0 Å². The first-order valence-corrected chi connectivity index (χ1v) is 4.39. The molecule has 2 N–H and O–H groups in total. The van der Waals surface area contributed by atoms with Gasteiger partial charge < -0.3 is 10.5 Å². The van der Waals surface area contributed by atoms with Crippen LogP contribution in [-0.2, 0) is 4.74 Å². The normalized spacial score (nSPS) is 12.9. The second kappa shape index (κ2) is 4.54. The zero-order valence-electron chi connectivity index (χ0n) is 6.83. The van der Waals surface area contributed by atoms with Gasteiger partial charge in [-0.05, 0) is 6.07 Å². The van der Waals surface area contributed by atoms with Crippen LogP contribution in [0.1, 0.15) is 11.6 Å². The molecule has 0 bridgehead atoms. The minimum Gasteiger partial charge on any atom is -0.383 e. The number of halogens is 1. The van der Waals surface area contributed by atoms with Gasteiger partial charge in [0.05, 0.1) is 12.6 Å². The fourth-order valence-electron chi connectivity index (χ4n) is 0.932. The smallest absolute Gasteiger partial charge is 0.0656 e. The van der Waals surface area contributed by atoms with E-state index >= 15 is 0 Å². The number of ether oxygens (including phenoxy) is 1. The summed E-state index contributed by atoms with van der Waals surface area (Å²) in [7, 11) is 1.63. The summed E-state index contributed by atoms with van der Waals surface area (Å²) in [5.74, 6) is 0. The molecule has 0 saturated carbocycles. The van der Waals surface area contributed by atoms with E-state index in [1.54, 1.807) is 19.5 Å². The Hall–Kier alpha value is -0.450. The van der Waals surface area contributed by atoms with Crippen molar-refractivity contribution in [2.75, 3.05) is 13.7 Å². The van der Waals surface area contributed by atoms with Crippen molar-refractivity contribution in [2.24, 2.45) is 5.73 Å². The highest BCUT2D eigenvalue weighted by molar-refractivity contribution is 9.10. The first kappa shape index (κ1) is 9.64. The molecule has 4 heteroatoms. The summed E-state index contributed by atoms with van der Waals surface area (Å²) in [5.41, 5.74) is 6.78. The molecule has 1 aromatic rings. The summed E-state index contributed by atoms with van der Waals surface area (Å²) in [6.45, 7) is 0.504. The van der Waals surface area contributed by atoms with E-state index in [1.165, 1.54) is 0 Å². The summed E-state index contributed by atoms with van der Waals surface area (Å²) >= 11 is 3.39. The lowest BCUT2D eigenvalue weighted by Crippen LogP contribution is -2.16. The Morgan fingerprint density at radius 3 is 3.08 bits per heavy atom. The Morgan fingerprint density at radius 2 is 2.50 bits per heavy atom. The van der Waals surface area contributed by atoms with Gasteiger partial charge in [-0.3, -0.25) is 4.98 Å². The van der Waals surface area contributed by atoms with E-state index in [9.17, 15) is 0 Å². The Morgan fingerprint density at radius 1 is 1.75 bits per heavy atom. The largest absolute Gasteiger partial charge is 0.383 e. The van der Waals surface area contributed by atoms with Crippen LogP contribution in [0.15, 0.2) is 22.9 Å². The van der Waals surface area contributed by atoms with E-state index in [4.69, 9.17) is 10.5 Å². The molecule has 0 radical (unpaired) electrons. The highest BCUT2D eigenvalue weighted by Gasteiger charge is 2.08. The molecular formula is C8H11BrN2O. The van der Waals surface area contributed by atoms with Gasteiger partial charge >= 0.3 is 0 Å². The van der Waals surface area contributed by atoms with Gasteiger partial charge in [-0.2, -0.15) is 0 Å². The Kier molecular flexibility index (Phi) is 3.65. The number of nitrogens with zero attached hydrogens (tertiary/aromatic N) is 1. The number of hydrogen-bond donors (Lipinski definition) is 1. The maximum atomic E-state index is 5.81. The standard InChI is InChI=1S/C8H11BrN2O/c1-12-5-8(10)6-4-11-3-2-7(6)9/h2-4,8H,5,10H2,1H3/t8-/m1/s1. The molecule has 0 aliphatic rings. The van der Waals surface area contributed by atoms with Crippen molar-refractivity contribution in [1.29, 1.82) is 0 Å². The van der Waals surface area contributed by atoms with Crippen LogP contribution in [0.3, 0.4) is 0 Å². The summed E-state index contributed by atoms with van der Waals surface area (Å²) in [4.78, 5) is 3.98. The third-order valence-electron chi connectivity index (χ3n) is 1.54. The molecular weight excluding hydrogens is 220 g/mol. The van der Waals surface area contributed by atoms with Gasteiger partial charge in [0, 0.05) is 29.5 Å². The molecule has 3 nitrogen and oxygen atoms in total. The molecule has 1 aromatic heterocycles. The van der Waals surface area contributed by atoms with Gasteiger partial charge in [-0.25, -0.2) is 0 Å². The van der Waals surface area contributed by atoms with Crippen molar-refractivity contribution in [2.45, 2.75) is 6.04 Å². The van der Waals surface area contributed by atoms with Crippen molar-refractivity contribution in [3.05, 3.63) is 28.5 Å². The summed E-state index contributed by atoms with van der Waals surface area (Å²) in [6, 6.07) is 1.75. The molecule has 0 saturated heterocycles. The fourth-order valence-corrected chi connectivity index (χ4v) is 1.45. The average Bonchev–Trinajstić information content (AvgIpc) is 2.05. The van der Waals surface area contributed by atoms with Crippen LogP contribution in [0.2, 0.25) is 0 Å². The number of aromatic nitrogens is 1. The molecule has 1 atom stereocenters. The highest BCUT2D eigenvalue weighted by Crippen LogP contribution is 2.20. The average molecular weight is 231 g/mol. The van der Waals surface area contributed by atoms with Crippen LogP contribution in [-0.4, -0.2) is 18.7 Å². The molecule has 0 unspecified atom stereocenters. The number of methoxy groups -OCH3 is 1. The van der Waals surface area contributed by atoms with Crippen molar-refractivity contribution in [3.63, 3.8) is 0 Å². The predicted molar refractivity (Wildman–Crippen MR) is 50.7 cm³/mol. The highest BCUT2D eigenvalue weighted by atomic mass is 79.9. The SMILES string of the molecule is COC[C@@H](N)c1cnccc1Br. The molecule has 0 spiro atoms. The third kappa shape index (κ3) is 2.27. The minimum absolute atomic E-state index is 0.113. The molecule has 0 aliphatic carbocycles. The maximum absolute atomic E-state index is 5.81. The topological polar surface area (TPSA) is 48.1 Å². The zero-order valence-corrected chi connectivity index (χ0v) is 8.41. The predicted octanol–water partition coefficient (Wildman–Crippen LogP) is 1.49. The molecule has 0 aromatic carbocycles. The van der Waals surface area contributed by atoms with Gasteiger partial charge in [-0.15, -0.1) is 0 Å². The van der Waals surface area contributed by atoms with Crippen molar-refractivity contribution in [3.8, 4) is 0 Å². The van der Waals surface area contributed by atoms with Crippen molar-refractivity contribution >= 4 is 15.9 Å². The monoisotopic (exact) mass is 230 g/mol. The number of nitrogens with two attached hydrogens (primary N) is 1. The maximum Gasteiger partial charge on any atom is 0.0656 e. The molecule has 0 fully saturated rings. The van der Waals surface area contributed by atoms with Crippen LogP contribution < -0.4 is 5.73 Å². The van der Waals surface area contributed by atoms with Crippen LogP contribution in [0, 0.1) is 0 Å². The Labute approximate surface area is 80.1 Å². The Bertz CT molecular complexity index is 255. The number of hydrogen-bond acceptors (Lipinski definition) is 3. The van der Waals surface area contributed by atoms with Crippen molar-refractivity contribution < 1.29 is 4.74 Å². The molecule has 1 rings (SSSR count). The summed E-state index contributed by atoms with van der Waals surface area (Å²) in [5, 5.41) is 0. The lowest BCUT2D eigenvalue weighted by atomic mass is 10.1. The van der Waals surface area contributed by atoms with E-state index in [0.29, 0.717) is 6.61 Å². The lowest BCUT2D eigenvalue weighted by molar-refractivity contribution is 0.180. The van der Waals surface area contributed by atoms with E-state index in [2.05, 4.69) is 20.9 Å². The molecule has 0 aliphatic heterocycles. The van der Waals surface area contributed by atoms with Crippen LogP contribution in [0.5, 0.6) is 0 Å². The molecule has 66 valence electrons. The molecule has 1 heterocycles. The van der Waals surface area contributed by atoms with Gasteiger partial charge in [-0.1, -0.05) is 15.9 Å². The molecule has 0 amide bonds. The molecule has 12 heavy (non-hydrogen) atoms. The Balaban J connectivity index is 2.79. The van der Waals surface area contributed by atoms with Crippen LogP contribution >= 0.6 is 15.9 Å². The first-order chi connectivity index (χ1) is 5.75. The van der Waals surface area contributed by atoms with Gasteiger partial charge in [0.2, 0.25) is 0 Å². The van der Waals surface area contributed by atoms with Gasteiger partial charge in [0.25, 0.3) is 0 Å². The van der Waals surface area contributed by atoms with Gasteiger partial charge in [0.15, 0.2) is 0 Å². The van der Waals surface area contributed by atoms with E-state index in [1.807, 2.05) is 6.07 Å². The minimum atomic E-state index is -0.113. The van der Waals surface area contributed by atoms with Gasteiger partial charge in [0.1, 0.15) is 0 Å². The quantitative estimate of drug-likeness (QED) is 0.857. The summed E-state index contributed by atoms with van der Waals surface area (Å²) in [6.07, 6.45) is 3.46. The second-order valence-corrected chi connectivity index (χ2v) is 3.31. The lowest BCUT2D eigenvalue weighted by Gasteiger charge is -2.11. The fraction of sp³-hybridized carbons (Fsp3) is 0.375. The van der Waals surface area contributed by atoms with Crippen molar-refractivity contribution in [1.82, 2.24) is 4.98 Å². The van der Waals surface area contributed by atoms with Crippen LogP contribution in [0.25, 0.3) is 0 Å². The first-order valence-electron chi connectivity index (χ1n) is 3.59. The van der Waals surface area contributed by atoms with E-state index in [-0.39, 0.29) is 6.04 Å². The number of pyridine rings is 1. The summed E-state index contributed by atoms with van der Waals surface area (Å²) < 4.78 is 5.91. The third-order valence-corrected chi connectivity index (χ3v) is 2.26.